The minimum atomic E-state index is -3.66. The second-order valence-electron chi connectivity index (χ2n) is 9.16. The predicted molar refractivity (Wildman–Crippen MR) is 140 cm³/mol. The summed E-state index contributed by atoms with van der Waals surface area (Å²) in [5.41, 5.74) is 0.841. The number of halogens is 1. The van der Waals surface area contributed by atoms with Crippen LogP contribution in [-0.2, 0) is 24.3 Å². The molecular formula is C26H30ClN3O6S. The van der Waals surface area contributed by atoms with E-state index in [9.17, 15) is 23.1 Å². The largest absolute Gasteiger partial charge is 0.507 e. The lowest BCUT2D eigenvalue weighted by atomic mass is 9.95. The molecule has 198 valence electrons. The Labute approximate surface area is 221 Å². The van der Waals surface area contributed by atoms with Gasteiger partial charge in [-0.05, 0) is 48.4 Å². The summed E-state index contributed by atoms with van der Waals surface area (Å²) < 4.78 is 31.3. The minimum Gasteiger partial charge on any atom is -0.507 e. The van der Waals surface area contributed by atoms with Gasteiger partial charge in [0.1, 0.15) is 5.76 Å². The van der Waals surface area contributed by atoms with Crippen molar-refractivity contribution >= 4 is 39.1 Å². The Bertz CT molecular complexity index is 1290. The Balaban J connectivity index is 1.68. The van der Waals surface area contributed by atoms with E-state index >= 15 is 0 Å². The molecule has 2 aliphatic rings. The first-order chi connectivity index (χ1) is 17.6. The Morgan fingerprint density at radius 3 is 2.24 bits per heavy atom. The molecule has 11 heteroatoms. The summed E-state index contributed by atoms with van der Waals surface area (Å²) in [6.45, 7) is 4.05. The number of ether oxygens (including phenoxy) is 1. The van der Waals surface area contributed by atoms with Crippen LogP contribution in [-0.4, -0.2) is 92.8 Å². The van der Waals surface area contributed by atoms with Gasteiger partial charge in [0.2, 0.25) is 10.0 Å². The van der Waals surface area contributed by atoms with Gasteiger partial charge in [-0.2, -0.15) is 0 Å². The number of rotatable bonds is 8. The van der Waals surface area contributed by atoms with Crippen molar-refractivity contribution in [2.45, 2.75) is 17.4 Å². The summed E-state index contributed by atoms with van der Waals surface area (Å²) in [5.74, 6) is -1.83. The summed E-state index contributed by atoms with van der Waals surface area (Å²) >= 11 is 6.07. The molecule has 0 spiro atoms. The smallest absolute Gasteiger partial charge is 0.295 e. The fourth-order valence-electron chi connectivity index (χ4n) is 4.54. The zero-order chi connectivity index (χ0) is 26.7. The maximum atomic E-state index is 13.2. The van der Waals surface area contributed by atoms with Gasteiger partial charge in [0.25, 0.3) is 11.7 Å². The Morgan fingerprint density at radius 2 is 1.65 bits per heavy atom. The second kappa shape index (κ2) is 11.3. The Kier molecular flexibility index (Phi) is 8.35. The quantitative estimate of drug-likeness (QED) is 0.307. The van der Waals surface area contributed by atoms with E-state index in [-0.39, 0.29) is 21.8 Å². The van der Waals surface area contributed by atoms with Gasteiger partial charge >= 0.3 is 0 Å². The Morgan fingerprint density at radius 1 is 1.03 bits per heavy atom. The highest BCUT2D eigenvalue weighted by Crippen LogP contribution is 2.40. The number of carbonyl (C=O) groups is 2. The highest BCUT2D eigenvalue weighted by atomic mass is 35.5. The molecule has 2 aromatic carbocycles. The van der Waals surface area contributed by atoms with Crippen molar-refractivity contribution in [1.82, 2.24) is 14.1 Å². The molecule has 2 aromatic rings. The van der Waals surface area contributed by atoms with Gasteiger partial charge in [0.15, 0.2) is 0 Å². The highest BCUT2D eigenvalue weighted by molar-refractivity contribution is 7.89. The second-order valence-corrected chi connectivity index (χ2v) is 11.8. The van der Waals surface area contributed by atoms with E-state index in [1.807, 2.05) is 0 Å². The third kappa shape index (κ3) is 5.73. The number of hydrogen-bond donors (Lipinski definition) is 1. The van der Waals surface area contributed by atoms with Crippen molar-refractivity contribution in [3.05, 3.63) is 70.3 Å². The first kappa shape index (κ1) is 27.3. The third-order valence-electron chi connectivity index (χ3n) is 6.61. The van der Waals surface area contributed by atoms with Crippen molar-refractivity contribution in [1.29, 1.82) is 0 Å². The summed E-state index contributed by atoms with van der Waals surface area (Å²) in [4.78, 5) is 30.1. The molecule has 0 aromatic heterocycles. The van der Waals surface area contributed by atoms with Crippen molar-refractivity contribution in [2.24, 2.45) is 0 Å². The lowest BCUT2D eigenvalue weighted by Gasteiger charge is -2.29. The number of carbonyl (C=O) groups excluding carboxylic acids is 2. The van der Waals surface area contributed by atoms with Crippen molar-refractivity contribution in [2.75, 3.05) is 53.5 Å². The van der Waals surface area contributed by atoms with Crippen LogP contribution in [0.2, 0.25) is 5.02 Å². The molecule has 4 rings (SSSR count). The Hall–Kier alpha value is -2.76. The molecule has 2 saturated heterocycles. The predicted octanol–water partition coefficient (Wildman–Crippen LogP) is 2.73. The number of Topliss-reactive ketones (excluding diaryl/α,β-unsaturated/α-hetero) is 1. The number of aliphatic hydroxyl groups excluding tert-OH is 1. The van der Waals surface area contributed by atoms with Crippen LogP contribution < -0.4 is 0 Å². The average molecular weight is 548 g/mol. The summed E-state index contributed by atoms with van der Waals surface area (Å²) in [6, 6.07) is 11.6. The topological polar surface area (TPSA) is 107 Å². The van der Waals surface area contributed by atoms with Crippen LogP contribution in [0.1, 0.15) is 23.6 Å². The number of likely N-dealkylation sites (tertiary alicyclic amines) is 1. The number of sulfonamides is 1. The van der Waals surface area contributed by atoms with Crippen LogP contribution >= 0.6 is 11.6 Å². The van der Waals surface area contributed by atoms with Crippen LogP contribution in [0.5, 0.6) is 0 Å². The van der Waals surface area contributed by atoms with Crippen LogP contribution in [0, 0.1) is 0 Å². The van der Waals surface area contributed by atoms with Gasteiger partial charge in [-0.15, -0.1) is 0 Å². The van der Waals surface area contributed by atoms with Gasteiger partial charge in [-0.25, -0.2) is 12.7 Å². The van der Waals surface area contributed by atoms with E-state index in [2.05, 4.69) is 4.90 Å². The van der Waals surface area contributed by atoms with E-state index < -0.39 is 27.8 Å². The molecule has 2 heterocycles. The maximum Gasteiger partial charge on any atom is 0.295 e. The third-order valence-corrected chi connectivity index (χ3v) is 8.69. The molecule has 0 aliphatic carbocycles. The van der Waals surface area contributed by atoms with Gasteiger partial charge < -0.3 is 14.7 Å². The average Bonchev–Trinajstić information content (AvgIpc) is 3.14. The lowest BCUT2D eigenvalue weighted by molar-refractivity contribution is -0.140. The molecule has 2 fully saturated rings. The van der Waals surface area contributed by atoms with Gasteiger partial charge in [0, 0.05) is 50.9 Å². The minimum absolute atomic E-state index is 0.0399. The first-order valence-electron chi connectivity index (χ1n) is 12.0. The van der Waals surface area contributed by atoms with Gasteiger partial charge in [0.05, 0.1) is 29.7 Å². The monoisotopic (exact) mass is 547 g/mol. The molecule has 2 aliphatic heterocycles. The molecule has 1 N–H and O–H groups in total. The number of nitrogens with zero attached hydrogens (tertiary/aromatic N) is 3. The van der Waals surface area contributed by atoms with Crippen LogP contribution in [0.25, 0.3) is 5.76 Å². The summed E-state index contributed by atoms with van der Waals surface area (Å²) in [7, 11) is -0.809. The molecular weight excluding hydrogens is 518 g/mol. The van der Waals surface area contributed by atoms with Crippen molar-refractivity contribution in [3.8, 4) is 0 Å². The number of ketones is 1. The van der Waals surface area contributed by atoms with Gasteiger partial charge in [-0.3, -0.25) is 14.5 Å². The van der Waals surface area contributed by atoms with Crippen LogP contribution in [0.15, 0.2) is 59.0 Å². The fraction of sp³-hybridized carbons (Fsp3) is 0.385. The summed E-state index contributed by atoms with van der Waals surface area (Å²) in [6.07, 6.45) is 0.647. The molecule has 1 atom stereocenters. The van der Waals surface area contributed by atoms with Crippen LogP contribution in [0.4, 0.5) is 0 Å². The van der Waals surface area contributed by atoms with E-state index in [1.54, 1.807) is 24.3 Å². The number of morpholine rings is 1. The number of benzene rings is 2. The molecule has 0 bridgehead atoms. The van der Waals surface area contributed by atoms with E-state index in [0.717, 1.165) is 23.9 Å². The van der Waals surface area contributed by atoms with E-state index in [0.29, 0.717) is 36.8 Å². The highest BCUT2D eigenvalue weighted by Gasteiger charge is 2.45. The molecule has 9 nitrogen and oxygen atoms in total. The SMILES string of the molecule is CN(C)S(=O)(=O)c1ccc(/C(O)=C2/C(=O)C(=O)N(CCCN3CCOCC3)C2c2ccc(Cl)cc2)cc1. The van der Waals surface area contributed by atoms with Gasteiger partial charge in [-0.1, -0.05) is 23.7 Å². The number of aliphatic hydroxyl groups is 1. The number of amides is 1. The van der Waals surface area contributed by atoms with Crippen molar-refractivity contribution < 1.29 is 27.9 Å². The van der Waals surface area contributed by atoms with E-state index in [1.165, 1.54) is 43.3 Å². The maximum absolute atomic E-state index is 13.2. The molecule has 1 unspecified atom stereocenters. The fourth-order valence-corrected chi connectivity index (χ4v) is 5.57. The first-order valence-corrected chi connectivity index (χ1v) is 13.8. The number of hydrogen-bond acceptors (Lipinski definition) is 7. The normalized spacial score (nSPS) is 20.6. The molecule has 0 radical (unpaired) electrons. The van der Waals surface area contributed by atoms with E-state index in [4.69, 9.17) is 16.3 Å². The molecule has 37 heavy (non-hydrogen) atoms. The standard InChI is InChI=1S/C26H30ClN3O6S/c1-28(2)37(34,35)21-10-6-19(7-11-21)24(31)22-23(18-4-8-20(27)9-5-18)30(26(33)25(22)32)13-3-12-29-14-16-36-17-15-29/h4-11,23,31H,3,12-17H2,1-2H3/b24-22-. The van der Waals surface area contributed by atoms with Crippen molar-refractivity contribution in [3.63, 3.8) is 0 Å². The molecule has 1 amide bonds. The molecule has 0 saturated carbocycles. The zero-order valence-corrected chi connectivity index (χ0v) is 22.3. The zero-order valence-electron chi connectivity index (χ0n) is 20.8. The summed E-state index contributed by atoms with van der Waals surface area (Å²) in [5, 5.41) is 11.7. The lowest BCUT2D eigenvalue weighted by Crippen LogP contribution is -2.38. The van der Waals surface area contributed by atoms with Crippen LogP contribution in [0.3, 0.4) is 0 Å².